The maximum absolute atomic E-state index is 10.4. The smallest absolute Gasteiger partial charge is 0.328 e. The number of aromatic nitrogens is 1. The lowest BCUT2D eigenvalue weighted by Gasteiger charge is -2.32. The van der Waals surface area contributed by atoms with Gasteiger partial charge in [-0.1, -0.05) is 0 Å². The Hall–Kier alpha value is -1.75. The minimum absolute atomic E-state index is 0. The predicted molar refractivity (Wildman–Crippen MR) is 71.4 cm³/mol. The summed E-state index contributed by atoms with van der Waals surface area (Å²) in [5, 5.41) is 11.7. The van der Waals surface area contributed by atoms with E-state index in [2.05, 4.69) is 10.3 Å². The van der Waals surface area contributed by atoms with Crippen LogP contribution in [0, 0.1) is 0 Å². The number of hydrogen-bond donors (Lipinski definition) is 2. The largest absolute Gasteiger partial charge is 0.482 e. The molecule has 2 heterocycles. The summed E-state index contributed by atoms with van der Waals surface area (Å²) in [4.78, 5) is 14.6. The Morgan fingerprint density at radius 1 is 1.61 bits per heavy atom. The second kappa shape index (κ2) is 5.27. The fourth-order valence-corrected chi connectivity index (χ4v) is 1.56. The number of anilines is 1. The zero-order chi connectivity index (χ0) is 12.5. The summed E-state index contributed by atoms with van der Waals surface area (Å²) >= 11 is 0. The van der Waals surface area contributed by atoms with E-state index in [1.54, 1.807) is 12.3 Å². The summed E-state index contributed by atoms with van der Waals surface area (Å²) in [6.45, 7) is 4.64. The van der Waals surface area contributed by atoms with Crippen molar-refractivity contribution in [3.8, 4) is 5.75 Å². The molecule has 0 saturated carbocycles. The van der Waals surface area contributed by atoms with Gasteiger partial charge in [-0.15, -0.1) is 12.4 Å². The van der Waals surface area contributed by atoms with Gasteiger partial charge >= 0.3 is 5.97 Å². The number of nitrogens with zero attached hydrogens (tertiary/aromatic N) is 1. The highest BCUT2D eigenvalue weighted by Gasteiger charge is 2.26. The third kappa shape index (κ3) is 3.37. The lowest BCUT2D eigenvalue weighted by molar-refractivity contribution is -0.131. The van der Waals surface area contributed by atoms with Crippen molar-refractivity contribution in [2.45, 2.75) is 19.4 Å². The number of nitrogens with one attached hydrogen (secondary N) is 1. The van der Waals surface area contributed by atoms with Gasteiger partial charge in [-0.2, -0.15) is 0 Å². The highest BCUT2D eigenvalue weighted by Crippen LogP contribution is 2.31. The Morgan fingerprint density at radius 3 is 3.00 bits per heavy atom. The van der Waals surface area contributed by atoms with Gasteiger partial charge in [0.15, 0.2) is 11.6 Å². The molecule has 0 atom stereocenters. The van der Waals surface area contributed by atoms with E-state index in [4.69, 9.17) is 9.84 Å². The Morgan fingerprint density at radius 2 is 2.33 bits per heavy atom. The van der Waals surface area contributed by atoms with E-state index < -0.39 is 5.97 Å². The topological polar surface area (TPSA) is 71.5 Å². The average Bonchev–Trinajstić information content (AvgIpc) is 2.24. The SMILES string of the molecule is CC1(C)CNc2ncc(/C=C/C(=O)O)cc2O1.Cl. The van der Waals surface area contributed by atoms with E-state index in [-0.39, 0.29) is 18.0 Å². The maximum atomic E-state index is 10.4. The summed E-state index contributed by atoms with van der Waals surface area (Å²) in [6, 6.07) is 1.77. The molecule has 0 bridgehead atoms. The van der Waals surface area contributed by atoms with Gasteiger partial charge in [-0.25, -0.2) is 9.78 Å². The van der Waals surface area contributed by atoms with Crippen molar-refractivity contribution in [2.24, 2.45) is 0 Å². The Kier molecular flexibility index (Phi) is 4.19. The van der Waals surface area contributed by atoms with E-state index in [1.165, 1.54) is 6.08 Å². The first-order chi connectivity index (χ1) is 7.96. The first-order valence-corrected chi connectivity index (χ1v) is 5.30. The van der Waals surface area contributed by atoms with Crippen LogP contribution < -0.4 is 10.1 Å². The predicted octanol–water partition coefficient (Wildman–Crippen LogP) is 2.18. The minimum Gasteiger partial charge on any atom is -0.482 e. The third-order valence-electron chi connectivity index (χ3n) is 2.36. The van der Waals surface area contributed by atoms with Crippen molar-refractivity contribution < 1.29 is 14.6 Å². The number of carbonyl (C=O) groups is 1. The monoisotopic (exact) mass is 270 g/mol. The number of pyridine rings is 1. The van der Waals surface area contributed by atoms with Gasteiger partial charge in [0.2, 0.25) is 0 Å². The molecule has 5 nitrogen and oxygen atoms in total. The van der Waals surface area contributed by atoms with Crippen LogP contribution in [-0.2, 0) is 4.79 Å². The van der Waals surface area contributed by atoms with Gasteiger partial charge in [-0.05, 0) is 31.6 Å². The fraction of sp³-hybridized carbons (Fsp3) is 0.333. The molecule has 0 unspecified atom stereocenters. The normalized spacial score (nSPS) is 16.1. The molecule has 1 aromatic heterocycles. The molecule has 1 aliphatic heterocycles. The molecular formula is C12H15ClN2O3. The van der Waals surface area contributed by atoms with Gasteiger partial charge in [0, 0.05) is 12.3 Å². The molecule has 18 heavy (non-hydrogen) atoms. The number of carboxylic acids is 1. The van der Waals surface area contributed by atoms with Gasteiger partial charge in [0.05, 0.1) is 6.54 Å². The molecular weight excluding hydrogens is 256 g/mol. The Balaban J connectivity index is 0.00000162. The van der Waals surface area contributed by atoms with Crippen LogP contribution in [-0.4, -0.2) is 28.2 Å². The molecule has 98 valence electrons. The number of carboxylic acid groups (broad SMARTS) is 1. The van der Waals surface area contributed by atoms with E-state index in [9.17, 15) is 4.79 Å². The quantitative estimate of drug-likeness (QED) is 0.806. The van der Waals surface area contributed by atoms with Crippen LogP contribution in [0.5, 0.6) is 5.75 Å². The van der Waals surface area contributed by atoms with Crippen LogP contribution in [0.1, 0.15) is 19.4 Å². The van der Waals surface area contributed by atoms with Crippen molar-refractivity contribution in [1.82, 2.24) is 4.98 Å². The second-order valence-corrected chi connectivity index (χ2v) is 4.50. The van der Waals surface area contributed by atoms with Gasteiger partial charge < -0.3 is 15.2 Å². The van der Waals surface area contributed by atoms with Gasteiger partial charge in [0.1, 0.15) is 5.60 Å². The van der Waals surface area contributed by atoms with E-state index in [0.29, 0.717) is 23.7 Å². The summed E-state index contributed by atoms with van der Waals surface area (Å²) in [6.07, 6.45) is 4.17. The van der Waals surface area contributed by atoms with Crippen LogP contribution in [0.2, 0.25) is 0 Å². The number of aliphatic carboxylic acids is 1. The highest BCUT2D eigenvalue weighted by atomic mass is 35.5. The first-order valence-electron chi connectivity index (χ1n) is 5.30. The average molecular weight is 271 g/mol. The van der Waals surface area contributed by atoms with Crippen LogP contribution in [0.3, 0.4) is 0 Å². The van der Waals surface area contributed by atoms with Crippen LogP contribution in [0.25, 0.3) is 6.08 Å². The molecule has 0 saturated heterocycles. The van der Waals surface area contributed by atoms with Crippen molar-refractivity contribution in [3.63, 3.8) is 0 Å². The molecule has 1 aromatic rings. The van der Waals surface area contributed by atoms with Crippen molar-refractivity contribution in [2.75, 3.05) is 11.9 Å². The number of rotatable bonds is 2. The molecule has 0 aliphatic carbocycles. The Labute approximate surface area is 111 Å². The molecule has 0 fully saturated rings. The van der Waals surface area contributed by atoms with E-state index in [1.807, 2.05) is 13.8 Å². The van der Waals surface area contributed by atoms with Gasteiger partial charge in [0.25, 0.3) is 0 Å². The maximum Gasteiger partial charge on any atom is 0.328 e. The van der Waals surface area contributed by atoms with Crippen LogP contribution in [0.15, 0.2) is 18.3 Å². The molecule has 2 rings (SSSR count). The lowest BCUT2D eigenvalue weighted by atomic mass is 10.1. The summed E-state index contributed by atoms with van der Waals surface area (Å²) in [5.74, 6) is 0.354. The molecule has 6 heteroatoms. The van der Waals surface area contributed by atoms with Gasteiger partial charge in [-0.3, -0.25) is 0 Å². The summed E-state index contributed by atoms with van der Waals surface area (Å²) < 4.78 is 5.76. The standard InChI is InChI=1S/C12H14N2O3.ClH/c1-12(2)7-14-11-9(17-12)5-8(6-13-11)3-4-10(15)16;/h3-6H,7H2,1-2H3,(H,13,14)(H,15,16);1H/b4-3+;. The van der Waals surface area contributed by atoms with Crippen molar-refractivity contribution >= 4 is 30.3 Å². The number of hydrogen-bond acceptors (Lipinski definition) is 4. The zero-order valence-corrected chi connectivity index (χ0v) is 11.0. The molecule has 1 aliphatic rings. The zero-order valence-electron chi connectivity index (χ0n) is 10.1. The number of ether oxygens (including phenoxy) is 1. The molecule has 0 amide bonds. The molecule has 0 spiro atoms. The second-order valence-electron chi connectivity index (χ2n) is 4.50. The molecule has 0 aromatic carbocycles. The highest BCUT2D eigenvalue weighted by molar-refractivity contribution is 5.85. The summed E-state index contributed by atoms with van der Waals surface area (Å²) in [5.41, 5.74) is 0.412. The molecule has 0 radical (unpaired) electrons. The van der Waals surface area contributed by atoms with Crippen molar-refractivity contribution in [1.29, 1.82) is 0 Å². The number of halogens is 1. The van der Waals surface area contributed by atoms with Crippen LogP contribution >= 0.6 is 12.4 Å². The van der Waals surface area contributed by atoms with E-state index >= 15 is 0 Å². The Bertz CT molecular complexity index is 486. The summed E-state index contributed by atoms with van der Waals surface area (Å²) in [7, 11) is 0. The minimum atomic E-state index is -0.984. The third-order valence-corrected chi connectivity index (χ3v) is 2.36. The fourth-order valence-electron chi connectivity index (χ4n) is 1.56. The first kappa shape index (κ1) is 14.3. The van der Waals surface area contributed by atoms with E-state index in [0.717, 1.165) is 6.08 Å². The molecule has 2 N–H and O–H groups in total. The lowest BCUT2D eigenvalue weighted by Crippen LogP contribution is -2.40. The number of fused-ring (bicyclic) bond motifs is 1. The van der Waals surface area contributed by atoms with Crippen molar-refractivity contribution in [3.05, 3.63) is 23.9 Å². The van der Waals surface area contributed by atoms with Crippen LogP contribution in [0.4, 0.5) is 5.82 Å².